The Morgan fingerprint density at radius 1 is 1.46 bits per heavy atom. The molecule has 8 nitrogen and oxygen atoms in total. The third kappa shape index (κ3) is 3.12. The van der Waals surface area contributed by atoms with Gasteiger partial charge in [-0.3, -0.25) is 10.1 Å². The van der Waals surface area contributed by atoms with Crippen molar-refractivity contribution in [1.29, 1.82) is 0 Å². The minimum Gasteiger partial charge on any atom is -0.466 e. The van der Waals surface area contributed by atoms with Crippen molar-refractivity contribution in [3.05, 3.63) is 58.7 Å². The van der Waals surface area contributed by atoms with Crippen LogP contribution < -0.4 is 4.90 Å². The number of imidazole rings is 1. The summed E-state index contributed by atoms with van der Waals surface area (Å²) in [6.45, 7) is 1.38. The van der Waals surface area contributed by atoms with E-state index in [4.69, 9.17) is 0 Å². The monoisotopic (exact) mass is 328 g/mol. The number of carbonyl (C=O) groups excluding carboxylic acids is 1. The first-order valence-corrected chi connectivity index (χ1v) is 7.35. The fraction of sp³-hybridized carbons (Fsp3) is 0.250. The molecule has 2 aromatic rings. The van der Waals surface area contributed by atoms with Crippen molar-refractivity contribution in [1.82, 2.24) is 9.55 Å². The second kappa shape index (κ2) is 6.53. The average Bonchev–Trinajstić information content (AvgIpc) is 3.05. The Bertz CT molecular complexity index is 779. The van der Waals surface area contributed by atoms with Crippen molar-refractivity contribution in [3.63, 3.8) is 0 Å². The summed E-state index contributed by atoms with van der Waals surface area (Å²) in [5, 5.41) is 11.4. The Morgan fingerprint density at radius 3 is 2.88 bits per heavy atom. The van der Waals surface area contributed by atoms with E-state index >= 15 is 0 Å². The van der Waals surface area contributed by atoms with E-state index in [1.165, 1.54) is 25.3 Å². The molecule has 1 aliphatic heterocycles. The van der Waals surface area contributed by atoms with E-state index < -0.39 is 10.9 Å². The standard InChI is InChI=1S/C16H16N4O4/c1-24-16(21)5-3-12-2-4-14(15(8-12)20(22)23)19-9-13(10-19)18-7-6-17-11-18/h2-8,11,13H,9-10H2,1H3. The molecular formula is C16H16N4O4. The highest BCUT2D eigenvalue weighted by Crippen LogP contribution is 2.35. The van der Waals surface area contributed by atoms with Gasteiger partial charge in [0.25, 0.3) is 5.69 Å². The number of hydrogen-bond donors (Lipinski definition) is 0. The van der Waals surface area contributed by atoms with Crippen LogP contribution in [0.1, 0.15) is 11.6 Å². The van der Waals surface area contributed by atoms with E-state index in [9.17, 15) is 14.9 Å². The number of nitrogens with zero attached hydrogens (tertiary/aromatic N) is 4. The molecule has 1 fully saturated rings. The normalized spacial score (nSPS) is 14.6. The van der Waals surface area contributed by atoms with Gasteiger partial charge in [-0.05, 0) is 17.7 Å². The first-order valence-electron chi connectivity index (χ1n) is 7.35. The van der Waals surface area contributed by atoms with Gasteiger partial charge in [-0.15, -0.1) is 0 Å². The van der Waals surface area contributed by atoms with Gasteiger partial charge in [-0.1, -0.05) is 6.07 Å². The number of carbonyl (C=O) groups is 1. The summed E-state index contributed by atoms with van der Waals surface area (Å²) in [6.07, 6.45) is 8.08. The number of anilines is 1. The fourth-order valence-corrected chi connectivity index (χ4v) is 2.62. The molecule has 0 unspecified atom stereocenters. The minimum absolute atomic E-state index is 0.0195. The highest BCUT2D eigenvalue weighted by molar-refractivity contribution is 5.87. The summed E-state index contributed by atoms with van der Waals surface area (Å²) < 4.78 is 6.51. The van der Waals surface area contributed by atoms with Gasteiger partial charge in [0.05, 0.1) is 24.4 Å². The first-order chi connectivity index (χ1) is 11.6. The van der Waals surface area contributed by atoms with E-state index in [1.807, 2.05) is 15.7 Å². The molecule has 124 valence electrons. The zero-order valence-electron chi connectivity index (χ0n) is 13.0. The third-order valence-corrected chi connectivity index (χ3v) is 3.96. The molecule has 0 amide bonds. The lowest BCUT2D eigenvalue weighted by Gasteiger charge is -2.41. The smallest absolute Gasteiger partial charge is 0.330 e. The number of ether oxygens (including phenoxy) is 1. The number of rotatable bonds is 5. The van der Waals surface area contributed by atoms with Gasteiger partial charge < -0.3 is 14.2 Å². The summed E-state index contributed by atoms with van der Waals surface area (Å²) >= 11 is 0. The van der Waals surface area contributed by atoms with Crippen LogP contribution in [0.15, 0.2) is 43.0 Å². The van der Waals surface area contributed by atoms with Gasteiger partial charge in [0.1, 0.15) is 5.69 Å². The maximum Gasteiger partial charge on any atom is 0.330 e. The maximum atomic E-state index is 11.4. The molecule has 0 bridgehead atoms. The number of methoxy groups -OCH3 is 1. The van der Waals surface area contributed by atoms with Crippen LogP contribution in [0.4, 0.5) is 11.4 Å². The van der Waals surface area contributed by atoms with Crippen LogP contribution in [0.2, 0.25) is 0 Å². The van der Waals surface area contributed by atoms with Crippen molar-refractivity contribution >= 4 is 23.4 Å². The Hall–Kier alpha value is -3.16. The van der Waals surface area contributed by atoms with E-state index in [0.717, 1.165) is 0 Å². The second-order valence-electron chi connectivity index (χ2n) is 5.43. The Kier molecular flexibility index (Phi) is 4.28. The van der Waals surface area contributed by atoms with Crippen LogP contribution in [0.3, 0.4) is 0 Å². The molecule has 1 saturated heterocycles. The van der Waals surface area contributed by atoms with Crippen LogP contribution in [0, 0.1) is 10.1 Å². The molecule has 1 aliphatic rings. The molecule has 3 rings (SSSR count). The summed E-state index contributed by atoms with van der Waals surface area (Å²) in [7, 11) is 1.28. The summed E-state index contributed by atoms with van der Waals surface area (Å²) in [6, 6.07) is 5.18. The highest BCUT2D eigenvalue weighted by Gasteiger charge is 2.32. The molecule has 1 aromatic heterocycles. The first kappa shape index (κ1) is 15.7. The van der Waals surface area contributed by atoms with Crippen molar-refractivity contribution < 1.29 is 14.5 Å². The summed E-state index contributed by atoms with van der Waals surface area (Å²) in [5.74, 6) is -0.507. The van der Waals surface area contributed by atoms with Crippen LogP contribution in [-0.4, -0.2) is 40.6 Å². The van der Waals surface area contributed by atoms with E-state index in [1.54, 1.807) is 24.7 Å². The number of hydrogen-bond acceptors (Lipinski definition) is 6. The lowest BCUT2D eigenvalue weighted by molar-refractivity contribution is -0.384. The van der Waals surface area contributed by atoms with Gasteiger partial charge in [0.15, 0.2) is 0 Å². The predicted octanol–water partition coefficient (Wildman–Crippen LogP) is 2.04. The van der Waals surface area contributed by atoms with Crippen molar-refractivity contribution in [3.8, 4) is 0 Å². The van der Waals surface area contributed by atoms with Crippen LogP contribution in [-0.2, 0) is 9.53 Å². The molecule has 8 heteroatoms. The lowest BCUT2D eigenvalue weighted by Crippen LogP contribution is -2.47. The highest BCUT2D eigenvalue weighted by atomic mass is 16.6. The zero-order valence-corrected chi connectivity index (χ0v) is 13.0. The van der Waals surface area contributed by atoms with Crippen LogP contribution >= 0.6 is 0 Å². The Morgan fingerprint density at radius 2 is 2.25 bits per heavy atom. The summed E-state index contributed by atoms with van der Waals surface area (Å²) in [4.78, 5) is 28.1. The SMILES string of the molecule is COC(=O)C=Cc1ccc(N2CC(n3ccnc3)C2)c([N+](=O)[O-])c1. The van der Waals surface area contributed by atoms with Crippen LogP contribution in [0.5, 0.6) is 0 Å². The molecular weight excluding hydrogens is 312 g/mol. The number of nitro benzene ring substituents is 1. The van der Waals surface area contributed by atoms with Gasteiger partial charge in [0, 0.05) is 37.6 Å². The molecule has 0 aliphatic carbocycles. The van der Waals surface area contributed by atoms with Gasteiger partial charge in [-0.25, -0.2) is 9.78 Å². The van der Waals surface area contributed by atoms with Crippen molar-refractivity contribution in [2.45, 2.75) is 6.04 Å². The molecule has 0 N–H and O–H groups in total. The van der Waals surface area contributed by atoms with Crippen LogP contribution in [0.25, 0.3) is 6.08 Å². The van der Waals surface area contributed by atoms with E-state index in [2.05, 4.69) is 9.72 Å². The number of esters is 1. The maximum absolute atomic E-state index is 11.4. The Balaban J connectivity index is 1.78. The fourth-order valence-electron chi connectivity index (χ4n) is 2.62. The number of nitro groups is 1. The van der Waals surface area contributed by atoms with Crippen molar-refractivity contribution in [2.24, 2.45) is 0 Å². The number of aromatic nitrogens is 2. The quantitative estimate of drug-likeness (QED) is 0.361. The molecule has 2 heterocycles. The molecule has 0 atom stereocenters. The predicted molar refractivity (Wildman–Crippen MR) is 87.6 cm³/mol. The molecule has 0 spiro atoms. The topological polar surface area (TPSA) is 90.5 Å². The van der Waals surface area contributed by atoms with Gasteiger partial charge in [0.2, 0.25) is 0 Å². The molecule has 24 heavy (non-hydrogen) atoms. The van der Waals surface area contributed by atoms with E-state index in [-0.39, 0.29) is 11.7 Å². The largest absolute Gasteiger partial charge is 0.466 e. The molecule has 1 aromatic carbocycles. The summed E-state index contributed by atoms with van der Waals surface area (Å²) in [5.41, 5.74) is 1.17. The lowest BCUT2D eigenvalue weighted by atomic mass is 10.1. The molecule has 0 radical (unpaired) electrons. The third-order valence-electron chi connectivity index (χ3n) is 3.96. The average molecular weight is 328 g/mol. The van der Waals surface area contributed by atoms with Gasteiger partial charge >= 0.3 is 5.97 Å². The minimum atomic E-state index is -0.507. The Labute approximate surface area is 138 Å². The van der Waals surface area contributed by atoms with Crippen molar-refractivity contribution in [2.75, 3.05) is 25.1 Å². The zero-order chi connectivity index (χ0) is 17.1. The molecule has 0 saturated carbocycles. The number of benzene rings is 1. The second-order valence-corrected chi connectivity index (χ2v) is 5.43. The van der Waals surface area contributed by atoms with Gasteiger partial charge in [-0.2, -0.15) is 0 Å². The van der Waals surface area contributed by atoms with E-state index in [0.29, 0.717) is 24.3 Å².